The molecule has 2 heterocycles. The van der Waals surface area contributed by atoms with E-state index in [4.69, 9.17) is 14.2 Å². The molecule has 2 aromatic rings. The largest absolute Gasteiger partial charge is 0.494 e. The third-order valence-electron chi connectivity index (χ3n) is 5.46. The Bertz CT molecular complexity index is 1000. The number of hydrogen-bond donors (Lipinski definition) is 0. The van der Waals surface area contributed by atoms with Gasteiger partial charge < -0.3 is 19.1 Å². The molecule has 1 aromatic carbocycles. The highest BCUT2D eigenvalue weighted by Gasteiger charge is 2.28. The van der Waals surface area contributed by atoms with Crippen molar-refractivity contribution in [2.75, 3.05) is 19.7 Å². The quantitative estimate of drug-likeness (QED) is 0.457. The van der Waals surface area contributed by atoms with Crippen molar-refractivity contribution in [1.29, 1.82) is 0 Å². The Hall–Kier alpha value is -3.16. The first-order valence-corrected chi connectivity index (χ1v) is 11.4. The maximum Gasteiger partial charge on any atom is 0.410 e. The number of carbonyl (C=O) groups is 1. The van der Waals surface area contributed by atoms with Gasteiger partial charge in [-0.25, -0.2) is 18.6 Å². The summed E-state index contributed by atoms with van der Waals surface area (Å²) in [5.74, 6) is -0.823. The van der Waals surface area contributed by atoms with Crippen LogP contribution in [0.4, 0.5) is 13.6 Å². The Morgan fingerprint density at radius 2 is 1.82 bits per heavy atom. The van der Waals surface area contributed by atoms with Gasteiger partial charge in [0.2, 0.25) is 5.88 Å². The highest BCUT2D eigenvalue weighted by molar-refractivity contribution is 5.68. The van der Waals surface area contributed by atoms with Gasteiger partial charge in [-0.15, -0.1) is 0 Å². The summed E-state index contributed by atoms with van der Waals surface area (Å²) >= 11 is 0. The van der Waals surface area contributed by atoms with Crippen LogP contribution in [0.3, 0.4) is 0 Å². The van der Waals surface area contributed by atoms with Gasteiger partial charge in [-0.3, -0.25) is 0 Å². The lowest BCUT2D eigenvalue weighted by Gasteiger charge is -2.33. The zero-order chi connectivity index (χ0) is 24.9. The minimum absolute atomic E-state index is 0.152. The van der Waals surface area contributed by atoms with E-state index in [1.807, 2.05) is 26.8 Å². The SMILES string of the molecule is C=C(OCC)c1cc(F)c(COc2cccc(C3CCN(C(=O)OC(C)(C)C)CC3)n2)c(F)c1. The van der Waals surface area contributed by atoms with E-state index >= 15 is 0 Å². The van der Waals surface area contributed by atoms with Crippen molar-refractivity contribution >= 4 is 11.9 Å². The Kier molecular flexibility index (Phi) is 8.12. The standard InChI is InChI=1S/C26H32F2N2O4/c1-6-32-17(2)19-14-21(27)20(22(28)15-19)16-33-24-9-7-8-23(29-24)18-10-12-30(13-11-18)25(31)34-26(3,4)5/h7-9,14-15,18H,2,6,10-13,16H2,1,3-5H3. The Morgan fingerprint density at radius 3 is 2.41 bits per heavy atom. The second-order valence-corrected chi connectivity index (χ2v) is 9.21. The molecule has 0 radical (unpaired) electrons. The van der Waals surface area contributed by atoms with Gasteiger partial charge in [0.05, 0.1) is 12.2 Å². The first-order valence-electron chi connectivity index (χ1n) is 11.4. The predicted molar refractivity (Wildman–Crippen MR) is 125 cm³/mol. The lowest BCUT2D eigenvalue weighted by molar-refractivity contribution is 0.0204. The van der Waals surface area contributed by atoms with Gasteiger partial charge >= 0.3 is 6.09 Å². The van der Waals surface area contributed by atoms with Crippen molar-refractivity contribution in [3.05, 3.63) is 65.4 Å². The molecule has 34 heavy (non-hydrogen) atoms. The van der Waals surface area contributed by atoms with Crippen LogP contribution in [-0.4, -0.2) is 41.3 Å². The molecule has 0 aliphatic carbocycles. The van der Waals surface area contributed by atoms with Crippen LogP contribution in [0.2, 0.25) is 0 Å². The molecule has 0 unspecified atom stereocenters. The highest BCUT2D eigenvalue weighted by Crippen LogP contribution is 2.29. The van der Waals surface area contributed by atoms with Crippen LogP contribution in [0.1, 0.15) is 63.3 Å². The van der Waals surface area contributed by atoms with E-state index in [2.05, 4.69) is 11.6 Å². The molecule has 1 saturated heterocycles. The third-order valence-corrected chi connectivity index (χ3v) is 5.46. The third kappa shape index (κ3) is 6.68. The highest BCUT2D eigenvalue weighted by atomic mass is 19.1. The van der Waals surface area contributed by atoms with Crippen LogP contribution < -0.4 is 4.74 Å². The molecule has 0 atom stereocenters. The number of benzene rings is 1. The van der Waals surface area contributed by atoms with Crippen molar-refractivity contribution in [3.63, 3.8) is 0 Å². The molecule has 1 aliphatic rings. The van der Waals surface area contributed by atoms with Gasteiger partial charge in [0.25, 0.3) is 0 Å². The Morgan fingerprint density at radius 1 is 1.18 bits per heavy atom. The number of amides is 1. The zero-order valence-electron chi connectivity index (χ0n) is 20.2. The van der Waals surface area contributed by atoms with E-state index in [-0.39, 0.29) is 41.4 Å². The average Bonchev–Trinajstić information content (AvgIpc) is 2.78. The lowest BCUT2D eigenvalue weighted by Crippen LogP contribution is -2.41. The molecule has 1 aliphatic heterocycles. The van der Waals surface area contributed by atoms with Crippen LogP contribution in [0, 0.1) is 11.6 Å². The fraction of sp³-hybridized carbons (Fsp3) is 0.462. The van der Waals surface area contributed by atoms with Gasteiger partial charge in [-0.1, -0.05) is 12.6 Å². The molecular formula is C26H32F2N2O4. The number of aromatic nitrogens is 1. The molecule has 6 nitrogen and oxygen atoms in total. The van der Waals surface area contributed by atoms with E-state index < -0.39 is 17.2 Å². The Balaban J connectivity index is 1.61. The van der Waals surface area contributed by atoms with Crippen LogP contribution >= 0.6 is 0 Å². The number of hydrogen-bond acceptors (Lipinski definition) is 5. The number of ether oxygens (including phenoxy) is 3. The number of halogens is 2. The van der Waals surface area contributed by atoms with Crippen LogP contribution in [0.25, 0.3) is 5.76 Å². The second-order valence-electron chi connectivity index (χ2n) is 9.21. The fourth-order valence-corrected chi connectivity index (χ4v) is 3.73. The summed E-state index contributed by atoms with van der Waals surface area (Å²) in [6.07, 6.45) is 1.17. The van der Waals surface area contributed by atoms with Gasteiger partial charge in [-0.05, 0) is 58.7 Å². The van der Waals surface area contributed by atoms with Gasteiger partial charge in [0.15, 0.2) is 0 Å². The fourth-order valence-electron chi connectivity index (χ4n) is 3.73. The number of rotatable bonds is 7. The normalized spacial score (nSPS) is 14.6. The van der Waals surface area contributed by atoms with Gasteiger partial charge in [0.1, 0.15) is 29.6 Å². The molecule has 1 amide bonds. The summed E-state index contributed by atoms with van der Waals surface area (Å²) in [5, 5.41) is 0. The van der Waals surface area contributed by atoms with E-state index in [1.165, 1.54) is 12.1 Å². The molecule has 8 heteroatoms. The van der Waals surface area contributed by atoms with Crippen LogP contribution in [0.5, 0.6) is 5.88 Å². The summed E-state index contributed by atoms with van der Waals surface area (Å²) in [4.78, 5) is 18.5. The molecule has 1 fully saturated rings. The summed E-state index contributed by atoms with van der Waals surface area (Å²) < 4.78 is 45.3. The number of carbonyl (C=O) groups excluding carboxylic acids is 1. The van der Waals surface area contributed by atoms with Crippen molar-refractivity contribution < 1.29 is 27.8 Å². The molecular weight excluding hydrogens is 442 g/mol. The molecule has 1 aromatic heterocycles. The molecule has 0 N–H and O–H groups in total. The molecule has 184 valence electrons. The van der Waals surface area contributed by atoms with E-state index in [0.717, 1.165) is 18.5 Å². The van der Waals surface area contributed by atoms with Crippen LogP contribution in [0.15, 0.2) is 36.9 Å². The topological polar surface area (TPSA) is 60.9 Å². The smallest absolute Gasteiger partial charge is 0.410 e. The average molecular weight is 475 g/mol. The summed E-state index contributed by atoms with van der Waals surface area (Å²) in [6, 6.07) is 7.72. The monoisotopic (exact) mass is 474 g/mol. The minimum Gasteiger partial charge on any atom is -0.494 e. The number of likely N-dealkylation sites (tertiary alicyclic amines) is 1. The lowest BCUT2D eigenvalue weighted by atomic mass is 9.93. The molecule has 0 bridgehead atoms. The molecule has 0 spiro atoms. The zero-order valence-corrected chi connectivity index (χ0v) is 20.2. The molecule has 3 rings (SSSR count). The summed E-state index contributed by atoms with van der Waals surface area (Å²) in [7, 11) is 0. The minimum atomic E-state index is -0.735. The molecule has 0 saturated carbocycles. The van der Waals surface area contributed by atoms with Gasteiger partial charge in [0, 0.05) is 36.3 Å². The predicted octanol–water partition coefficient (Wildman–Crippen LogP) is 6.06. The van der Waals surface area contributed by atoms with Gasteiger partial charge in [-0.2, -0.15) is 0 Å². The van der Waals surface area contributed by atoms with Crippen molar-refractivity contribution in [1.82, 2.24) is 9.88 Å². The number of nitrogens with zero attached hydrogens (tertiary/aromatic N) is 2. The number of piperidine rings is 1. The van der Waals surface area contributed by atoms with Crippen LogP contribution in [-0.2, 0) is 16.1 Å². The summed E-state index contributed by atoms with van der Waals surface area (Å²) in [5.41, 5.74) is 0.354. The summed E-state index contributed by atoms with van der Waals surface area (Å²) in [6.45, 7) is 12.2. The van der Waals surface area contributed by atoms with E-state index in [0.29, 0.717) is 19.7 Å². The second kappa shape index (κ2) is 10.8. The first kappa shape index (κ1) is 25.5. The first-order chi connectivity index (χ1) is 16.1. The Labute approximate surface area is 199 Å². The number of pyridine rings is 1. The van der Waals surface area contributed by atoms with Crippen molar-refractivity contribution in [2.45, 2.75) is 58.7 Å². The van der Waals surface area contributed by atoms with E-state index in [9.17, 15) is 13.6 Å². The van der Waals surface area contributed by atoms with Crippen molar-refractivity contribution in [3.8, 4) is 5.88 Å². The van der Waals surface area contributed by atoms with E-state index in [1.54, 1.807) is 24.0 Å². The maximum atomic E-state index is 14.5. The maximum absolute atomic E-state index is 14.5. The van der Waals surface area contributed by atoms with Crippen molar-refractivity contribution in [2.24, 2.45) is 0 Å².